The predicted octanol–water partition coefficient (Wildman–Crippen LogP) is 6.63. The Morgan fingerprint density at radius 3 is 2.31 bits per heavy atom. The lowest BCUT2D eigenvalue weighted by Crippen LogP contribution is -2.37. The van der Waals surface area contributed by atoms with Gasteiger partial charge in [0.2, 0.25) is 0 Å². The SMILES string of the molecule is C=C(C)N1C(Cl)=NC2(c3ccccc3)C(C1c1ccc(Br)cc1)C2(Cl)Cl. The standard InChI is InChI=1S/C20H16BrCl3N2/c1-12(2)26-16(13-8-10-15(21)11-9-13)17-19(20(17,23)24,25-18(26)22)14-6-4-3-5-7-14/h3-11,16-17H,1H2,2H3. The molecule has 0 radical (unpaired) electrons. The highest BCUT2D eigenvalue weighted by Crippen LogP contribution is 2.76. The molecule has 3 unspecified atom stereocenters. The highest BCUT2D eigenvalue weighted by Gasteiger charge is 2.82. The fraction of sp³-hybridized carbons (Fsp3) is 0.250. The first-order chi connectivity index (χ1) is 12.3. The molecular weight excluding hydrogens is 454 g/mol. The van der Waals surface area contributed by atoms with Crippen LogP contribution in [0.5, 0.6) is 0 Å². The Labute approximate surface area is 176 Å². The van der Waals surface area contributed by atoms with Gasteiger partial charge in [-0.2, -0.15) is 0 Å². The lowest BCUT2D eigenvalue weighted by molar-refractivity contribution is 0.306. The largest absolute Gasteiger partial charge is 0.314 e. The van der Waals surface area contributed by atoms with Gasteiger partial charge in [-0.3, -0.25) is 0 Å². The van der Waals surface area contributed by atoms with Crippen molar-refractivity contribution in [3.05, 3.63) is 82.5 Å². The Hall–Kier alpha value is -1.000. The highest BCUT2D eigenvalue weighted by atomic mass is 79.9. The molecule has 1 saturated carbocycles. The molecule has 1 aliphatic heterocycles. The maximum atomic E-state index is 6.85. The van der Waals surface area contributed by atoms with Crippen LogP contribution in [-0.2, 0) is 5.54 Å². The maximum absolute atomic E-state index is 6.85. The smallest absolute Gasteiger partial charge is 0.199 e. The molecular formula is C20H16BrCl3N2. The van der Waals surface area contributed by atoms with Crippen LogP contribution in [0.25, 0.3) is 0 Å². The molecule has 2 nitrogen and oxygen atoms in total. The first kappa shape index (κ1) is 18.4. The third kappa shape index (κ3) is 2.48. The summed E-state index contributed by atoms with van der Waals surface area (Å²) in [5, 5.41) is 0.355. The normalized spacial score (nSPS) is 29.0. The van der Waals surface area contributed by atoms with Gasteiger partial charge in [0.15, 0.2) is 9.63 Å². The average molecular weight is 471 g/mol. The Balaban J connectivity index is 1.92. The van der Waals surface area contributed by atoms with Crippen molar-refractivity contribution in [2.24, 2.45) is 10.9 Å². The number of alkyl halides is 2. The summed E-state index contributed by atoms with van der Waals surface area (Å²) >= 11 is 23.8. The van der Waals surface area contributed by atoms with Crippen molar-refractivity contribution in [2.75, 3.05) is 0 Å². The second-order valence-corrected chi connectivity index (χ2v) is 9.36. The number of amidine groups is 1. The van der Waals surface area contributed by atoms with Gasteiger partial charge in [0, 0.05) is 10.2 Å². The Morgan fingerprint density at radius 2 is 1.73 bits per heavy atom. The second-order valence-electron chi connectivity index (χ2n) is 6.72. The van der Waals surface area contributed by atoms with Gasteiger partial charge in [0.1, 0.15) is 5.54 Å². The molecule has 26 heavy (non-hydrogen) atoms. The summed E-state index contributed by atoms with van der Waals surface area (Å²) in [7, 11) is 0. The van der Waals surface area contributed by atoms with Gasteiger partial charge in [0.25, 0.3) is 0 Å². The predicted molar refractivity (Wildman–Crippen MR) is 113 cm³/mol. The third-order valence-corrected chi connectivity index (χ3v) is 7.01. The molecule has 0 aromatic heterocycles. The summed E-state index contributed by atoms with van der Waals surface area (Å²) in [5.74, 6) is -0.152. The summed E-state index contributed by atoms with van der Waals surface area (Å²) in [6.45, 7) is 5.99. The van der Waals surface area contributed by atoms with Crippen LogP contribution in [-0.4, -0.2) is 14.5 Å². The molecule has 2 aromatic rings. The van der Waals surface area contributed by atoms with E-state index in [2.05, 4.69) is 34.6 Å². The van der Waals surface area contributed by atoms with Crippen molar-refractivity contribution >= 4 is 56.0 Å². The van der Waals surface area contributed by atoms with Crippen LogP contribution in [0.2, 0.25) is 0 Å². The molecule has 0 bridgehead atoms. The summed E-state index contributed by atoms with van der Waals surface area (Å²) in [4.78, 5) is 6.70. The summed E-state index contributed by atoms with van der Waals surface area (Å²) in [5.41, 5.74) is 2.07. The molecule has 1 heterocycles. The van der Waals surface area contributed by atoms with Crippen LogP contribution < -0.4 is 0 Å². The van der Waals surface area contributed by atoms with Crippen molar-refractivity contribution in [3.63, 3.8) is 0 Å². The molecule has 134 valence electrons. The Kier molecular flexibility index (Phi) is 4.43. The zero-order valence-corrected chi connectivity index (χ0v) is 17.8. The van der Waals surface area contributed by atoms with E-state index in [0.717, 1.165) is 21.3 Å². The van der Waals surface area contributed by atoms with E-state index in [1.807, 2.05) is 54.3 Å². The molecule has 0 amide bonds. The zero-order chi connectivity index (χ0) is 18.7. The molecule has 1 fully saturated rings. The van der Waals surface area contributed by atoms with Crippen LogP contribution in [0.3, 0.4) is 0 Å². The molecule has 0 spiro atoms. The molecule has 1 aliphatic carbocycles. The molecule has 0 N–H and O–H groups in total. The average Bonchev–Trinajstić information content (AvgIpc) is 3.11. The number of allylic oxidation sites excluding steroid dienone is 1. The molecule has 4 rings (SSSR count). The van der Waals surface area contributed by atoms with Crippen LogP contribution in [0.1, 0.15) is 24.1 Å². The molecule has 3 atom stereocenters. The number of hydrogen-bond acceptors (Lipinski definition) is 2. The van der Waals surface area contributed by atoms with Crippen molar-refractivity contribution < 1.29 is 0 Å². The number of nitrogens with zero attached hydrogens (tertiary/aromatic N) is 2. The minimum Gasteiger partial charge on any atom is -0.314 e. The lowest BCUT2D eigenvalue weighted by Gasteiger charge is -2.37. The molecule has 0 saturated heterocycles. The number of aliphatic imine (C=N–C) groups is 1. The van der Waals surface area contributed by atoms with Gasteiger partial charge >= 0.3 is 0 Å². The van der Waals surface area contributed by atoms with E-state index >= 15 is 0 Å². The van der Waals surface area contributed by atoms with Gasteiger partial charge in [-0.05, 0) is 41.8 Å². The molecule has 2 aromatic carbocycles. The van der Waals surface area contributed by atoms with Gasteiger partial charge in [-0.1, -0.05) is 88.2 Å². The van der Waals surface area contributed by atoms with E-state index in [9.17, 15) is 0 Å². The first-order valence-corrected chi connectivity index (χ1v) is 10.1. The summed E-state index contributed by atoms with van der Waals surface area (Å²) in [6, 6.07) is 17.9. The van der Waals surface area contributed by atoms with Crippen LogP contribution in [0, 0.1) is 5.92 Å². The monoisotopic (exact) mass is 468 g/mol. The van der Waals surface area contributed by atoms with Crippen molar-refractivity contribution in [2.45, 2.75) is 22.8 Å². The Bertz CT molecular complexity index is 895. The number of hydrogen-bond donors (Lipinski definition) is 0. The van der Waals surface area contributed by atoms with E-state index < -0.39 is 9.87 Å². The van der Waals surface area contributed by atoms with E-state index in [4.69, 9.17) is 39.8 Å². The summed E-state index contributed by atoms with van der Waals surface area (Å²) < 4.78 is -0.0528. The lowest BCUT2D eigenvalue weighted by atomic mass is 9.92. The topological polar surface area (TPSA) is 15.6 Å². The first-order valence-electron chi connectivity index (χ1n) is 8.19. The number of rotatable bonds is 3. The third-order valence-electron chi connectivity index (χ3n) is 5.16. The van der Waals surface area contributed by atoms with Gasteiger partial charge in [0.05, 0.1) is 12.0 Å². The summed E-state index contributed by atoms with van der Waals surface area (Å²) in [6.07, 6.45) is 0. The van der Waals surface area contributed by atoms with Crippen molar-refractivity contribution in [1.29, 1.82) is 0 Å². The quantitative estimate of drug-likeness (QED) is 0.363. The van der Waals surface area contributed by atoms with Gasteiger partial charge in [-0.25, -0.2) is 4.99 Å². The van der Waals surface area contributed by atoms with Crippen LogP contribution in [0.15, 0.2) is 76.3 Å². The Morgan fingerprint density at radius 1 is 1.12 bits per heavy atom. The number of fused-ring (bicyclic) bond motifs is 1. The van der Waals surface area contributed by atoms with Crippen molar-refractivity contribution in [1.82, 2.24) is 4.90 Å². The van der Waals surface area contributed by atoms with E-state index in [1.54, 1.807) is 0 Å². The van der Waals surface area contributed by atoms with Crippen LogP contribution >= 0.6 is 50.7 Å². The van der Waals surface area contributed by atoms with Gasteiger partial charge in [-0.15, -0.1) is 0 Å². The van der Waals surface area contributed by atoms with E-state index in [0.29, 0.717) is 5.29 Å². The minimum atomic E-state index is -1.06. The van der Waals surface area contributed by atoms with E-state index in [-0.39, 0.29) is 12.0 Å². The van der Waals surface area contributed by atoms with Gasteiger partial charge < -0.3 is 4.90 Å². The molecule has 2 aliphatic rings. The van der Waals surface area contributed by atoms with Crippen molar-refractivity contribution in [3.8, 4) is 0 Å². The number of benzene rings is 2. The minimum absolute atomic E-state index is 0.152. The highest BCUT2D eigenvalue weighted by molar-refractivity contribution is 9.10. The second kappa shape index (κ2) is 6.27. The maximum Gasteiger partial charge on any atom is 0.199 e. The zero-order valence-electron chi connectivity index (χ0n) is 14.0. The fourth-order valence-corrected chi connectivity index (χ4v) is 5.61. The fourth-order valence-electron chi connectivity index (χ4n) is 3.98. The van der Waals surface area contributed by atoms with Crippen LogP contribution in [0.4, 0.5) is 0 Å². The van der Waals surface area contributed by atoms with E-state index in [1.165, 1.54) is 0 Å². The molecule has 6 heteroatoms. The number of halogens is 4.